The summed E-state index contributed by atoms with van der Waals surface area (Å²) in [5.41, 5.74) is 0.155. The van der Waals surface area contributed by atoms with Crippen LogP contribution in [0.15, 0.2) is 36.4 Å². The number of carbonyl (C=O) groups excluding carboxylic acids is 3. The number of esters is 1. The number of methoxy groups -OCH3 is 3. The van der Waals surface area contributed by atoms with Gasteiger partial charge < -0.3 is 29.2 Å². The van der Waals surface area contributed by atoms with Crippen molar-refractivity contribution in [2.45, 2.75) is 64.1 Å². The molecule has 1 fully saturated rings. The van der Waals surface area contributed by atoms with Crippen LogP contribution in [0.4, 0.5) is 4.79 Å². The summed E-state index contributed by atoms with van der Waals surface area (Å²) < 4.78 is 22.3. The SMILES string of the molecule is COC(=O)[C@@H]1C[C@]2(OC)CN1C(=O)[C@H](C(C)(C)C)NC(=O)OCCCC/C=C/c1cc3cc2ccc3cc1OC. The first-order valence-corrected chi connectivity index (χ1v) is 13.7. The highest BCUT2D eigenvalue weighted by atomic mass is 16.5. The number of ether oxygens (including phenoxy) is 4. The van der Waals surface area contributed by atoms with E-state index in [-0.39, 0.29) is 19.6 Å². The molecular formula is C31H40N2O7. The van der Waals surface area contributed by atoms with Crippen molar-refractivity contribution in [1.29, 1.82) is 0 Å². The summed E-state index contributed by atoms with van der Waals surface area (Å²) in [6.45, 7) is 5.92. The molecular weight excluding hydrogens is 512 g/mol. The fourth-order valence-electron chi connectivity index (χ4n) is 5.52. The van der Waals surface area contributed by atoms with Crippen molar-refractivity contribution < 1.29 is 33.3 Å². The van der Waals surface area contributed by atoms with Gasteiger partial charge in [-0.15, -0.1) is 0 Å². The van der Waals surface area contributed by atoms with Gasteiger partial charge in [0, 0.05) is 19.1 Å². The number of hydrogen-bond donors (Lipinski definition) is 1. The third-order valence-corrected chi connectivity index (χ3v) is 7.86. The van der Waals surface area contributed by atoms with Gasteiger partial charge in [0.15, 0.2) is 0 Å². The predicted molar refractivity (Wildman–Crippen MR) is 152 cm³/mol. The number of carbonyl (C=O) groups is 3. The van der Waals surface area contributed by atoms with Crippen LogP contribution in [0.25, 0.3) is 16.8 Å². The van der Waals surface area contributed by atoms with Crippen molar-refractivity contribution in [2.24, 2.45) is 5.41 Å². The number of alkyl carbamates (subject to hydrolysis) is 1. The summed E-state index contributed by atoms with van der Waals surface area (Å²) in [6.07, 6.45) is 5.98. The van der Waals surface area contributed by atoms with Crippen LogP contribution in [0, 0.1) is 5.41 Å². The number of amides is 2. The molecule has 1 N–H and O–H groups in total. The number of rotatable bonds is 3. The predicted octanol–water partition coefficient (Wildman–Crippen LogP) is 4.80. The summed E-state index contributed by atoms with van der Waals surface area (Å²) in [5.74, 6) is -0.170. The lowest BCUT2D eigenvalue weighted by molar-refractivity contribution is -0.152. The van der Waals surface area contributed by atoms with E-state index in [4.69, 9.17) is 18.9 Å². The van der Waals surface area contributed by atoms with Crippen LogP contribution in [0.5, 0.6) is 5.75 Å². The molecule has 216 valence electrons. The average molecular weight is 553 g/mol. The number of hydrogen-bond acceptors (Lipinski definition) is 7. The van der Waals surface area contributed by atoms with Crippen molar-refractivity contribution in [1.82, 2.24) is 10.2 Å². The Morgan fingerprint density at radius 3 is 2.52 bits per heavy atom. The second-order valence-corrected chi connectivity index (χ2v) is 11.5. The van der Waals surface area contributed by atoms with Gasteiger partial charge in [0.2, 0.25) is 5.91 Å². The molecule has 0 aliphatic carbocycles. The minimum atomic E-state index is -0.968. The maximum atomic E-state index is 14.1. The smallest absolute Gasteiger partial charge is 0.407 e. The first kappa shape index (κ1) is 29.4. The van der Waals surface area contributed by atoms with Crippen LogP contribution in [0.1, 0.15) is 57.6 Å². The van der Waals surface area contributed by atoms with E-state index in [2.05, 4.69) is 17.5 Å². The Bertz CT molecular complexity index is 1300. The number of nitrogens with zero attached hydrogens (tertiary/aromatic N) is 1. The Morgan fingerprint density at radius 1 is 1.07 bits per heavy atom. The maximum Gasteiger partial charge on any atom is 0.407 e. The van der Waals surface area contributed by atoms with Gasteiger partial charge in [-0.1, -0.05) is 45.1 Å². The Balaban J connectivity index is 1.85. The number of allylic oxidation sites excluding steroid dienone is 1. The third-order valence-electron chi connectivity index (χ3n) is 7.86. The summed E-state index contributed by atoms with van der Waals surface area (Å²) in [5, 5.41) is 4.75. The molecule has 40 heavy (non-hydrogen) atoms. The van der Waals surface area contributed by atoms with E-state index in [0.29, 0.717) is 6.42 Å². The Morgan fingerprint density at radius 2 is 1.85 bits per heavy atom. The molecule has 4 rings (SSSR count). The first-order valence-electron chi connectivity index (χ1n) is 13.7. The lowest BCUT2D eigenvalue weighted by atomic mass is 9.85. The van der Waals surface area contributed by atoms with Crippen LogP contribution in [0.3, 0.4) is 0 Å². The van der Waals surface area contributed by atoms with Gasteiger partial charge in [-0.2, -0.15) is 0 Å². The quantitative estimate of drug-likeness (QED) is 0.546. The minimum absolute atomic E-state index is 0.111. The van der Waals surface area contributed by atoms with Crippen LogP contribution in [-0.2, 0) is 29.4 Å². The fraction of sp³-hybridized carbons (Fsp3) is 0.516. The maximum absolute atomic E-state index is 14.1. The minimum Gasteiger partial charge on any atom is -0.496 e. The highest BCUT2D eigenvalue weighted by Gasteiger charge is 2.53. The Kier molecular flexibility index (Phi) is 8.73. The topological polar surface area (TPSA) is 103 Å². The van der Waals surface area contributed by atoms with Crippen molar-refractivity contribution in [3.63, 3.8) is 0 Å². The van der Waals surface area contributed by atoms with Gasteiger partial charge in [-0.25, -0.2) is 9.59 Å². The molecule has 2 amide bonds. The summed E-state index contributed by atoms with van der Waals surface area (Å²) in [7, 11) is 4.54. The molecule has 0 spiro atoms. The van der Waals surface area contributed by atoms with Gasteiger partial charge in [-0.3, -0.25) is 4.79 Å². The molecule has 9 heteroatoms. The molecule has 9 nitrogen and oxygen atoms in total. The molecule has 0 saturated carbocycles. The molecule has 2 aliphatic heterocycles. The molecule has 3 atom stereocenters. The zero-order chi connectivity index (χ0) is 29.1. The van der Waals surface area contributed by atoms with Gasteiger partial charge in [0.25, 0.3) is 0 Å². The fourth-order valence-corrected chi connectivity index (χ4v) is 5.52. The van der Waals surface area contributed by atoms with Crippen molar-refractivity contribution >= 4 is 34.8 Å². The zero-order valence-electron chi connectivity index (χ0n) is 24.2. The largest absolute Gasteiger partial charge is 0.496 e. The van der Waals surface area contributed by atoms with Gasteiger partial charge in [-0.05, 0) is 59.2 Å². The van der Waals surface area contributed by atoms with E-state index < -0.39 is 41.1 Å². The monoisotopic (exact) mass is 552 g/mol. The van der Waals surface area contributed by atoms with E-state index in [1.807, 2.05) is 51.1 Å². The van der Waals surface area contributed by atoms with E-state index in [1.165, 1.54) is 12.0 Å². The lowest BCUT2D eigenvalue weighted by Gasteiger charge is -2.35. The summed E-state index contributed by atoms with van der Waals surface area (Å²) in [6, 6.07) is 8.25. The summed E-state index contributed by atoms with van der Waals surface area (Å²) in [4.78, 5) is 41.3. The molecule has 1 saturated heterocycles. The number of benzene rings is 2. The van der Waals surface area contributed by atoms with Gasteiger partial charge in [0.05, 0.1) is 27.4 Å². The average Bonchev–Trinajstić information content (AvgIpc) is 3.34. The Labute approximate surface area is 235 Å². The van der Waals surface area contributed by atoms with Crippen LogP contribution in [-0.4, -0.2) is 69.4 Å². The zero-order valence-corrected chi connectivity index (χ0v) is 24.2. The Hall–Kier alpha value is -3.59. The van der Waals surface area contributed by atoms with E-state index in [1.54, 1.807) is 14.2 Å². The number of nitrogens with one attached hydrogen (secondary N) is 1. The van der Waals surface area contributed by atoms with E-state index in [0.717, 1.165) is 40.5 Å². The van der Waals surface area contributed by atoms with Crippen LogP contribution < -0.4 is 10.1 Å². The molecule has 0 radical (unpaired) electrons. The van der Waals surface area contributed by atoms with Gasteiger partial charge in [0.1, 0.15) is 23.4 Å². The first-order chi connectivity index (χ1) is 19.0. The molecule has 2 aliphatic rings. The second kappa shape index (κ2) is 11.9. The lowest BCUT2D eigenvalue weighted by Crippen LogP contribution is -2.57. The number of fused-ring (bicyclic) bond motifs is 5. The molecule has 0 aromatic heterocycles. The molecule has 0 unspecified atom stereocenters. The molecule has 2 aromatic carbocycles. The molecule has 5 bridgehead atoms. The normalized spacial score (nSPS) is 25.1. The van der Waals surface area contributed by atoms with E-state index in [9.17, 15) is 14.4 Å². The van der Waals surface area contributed by atoms with Gasteiger partial charge >= 0.3 is 12.1 Å². The van der Waals surface area contributed by atoms with Crippen molar-refractivity contribution in [2.75, 3.05) is 34.5 Å². The highest BCUT2D eigenvalue weighted by Crippen LogP contribution is 2.42. The van der Waals surface area contributed by atoms with Crippen LogP contribution in [0.2, 0.25) is 0 Å². The standard InChI is InChI=1S/C31H40N2O7/c1-30(2,3)26-27(34)33-19-31(39-6,18-24(33)28(35)38-5)23-13-12-20-17-25(37-4)21(15-22(20)16-23)11-9-7-8-10-14-40-29(36)32-26/h9,11-13,15-17,24,26H,7-8,10,14,18-19H2,1-6H3,(H,32,36)/b11-9+/t24-,26+,31-/m0/s1. The number of cyclic esters (lactones) is 1. The third kappa shape index (κ3) is 5.94. The van der Waals surface area contributed by atoms with E-state index >= 15 is 0 Å². The molecule has 2 heterocycles. The van der Waals surface area contributed by atoms with Crippen LogP contribution >= 0.6 is 0 Å². The highest BCUT2D eigenvalue weighted by molar-refractivity contribution is 5.92. The summed E-state index contributed by atoms with van der Waals surface area (Å²) >= 11 is 0. The van der Waals surface area contributed by atoms with Crippen molar-refractivity contribution in [3.8, 4) is 5.75 Å². The van der Waals surface area contributed by atoms with Crippen molar-refractivity contribution in [3.05, 3.63) is 47.5 Å². The molecule has 2 aromatic rings. The second-order valence-electron chi connectivity index (χ2n) is 11.5.